The largest absolute Gasteiger partial charge is 0.384 e. The van der Waals surface area contributed by atoms with Crippen molar-refractivity contribution in [3.63, 3.8) is 0 Å². The topological polar surface area (TPSA) is 118 Å². The van der Waals surface area contributed by atoms with Gasteiger partial charge in [-0.1, -0.05) is 17.3 Å². The van der Waals surface area contributed by atoms with Crippen LogP contribution in [0.1, 0.15) is 12.0 Å². The smallest absolute Gasteiger partial charge is 0.265 e. The number of benzene rings is 2. The summed E-state index contributed by atoms with van der Waals surface area (Å²) in [6.45, 7) is 4.75. The van der Waals surface area contributed by atoms with Gasteiger partial charge in [-0.15, -0.1) is 0 Å². The van der Waals surface area contributed by atoms with Crippen LogP contribution in [0.15, 0.2) is 53.7 Å². The summed E-state index contributed by atoms with van der Waals surface area (Å²) in [6.07, 6.45) is -0.148. The second-order valence-electron chi connectivity index (χ2n) is 7.14. The zero-order valence-electron chi connectivity index (χ0n) is 17.5. The molecule has 0 spiro atoms. The van der Waals surface area contributed by atoms with Crippen molar-refractivity contribution in [1.29, 1.82) is 0 Å². The molecule has 0 aromatic heterocycles. The van der Waals surface area contributed by atoms with E-state index in [-0.39, 0.29) is 30.7 Å². The molecule has 9 nitrogen and oxygen atoms in total. The Kier molecular flexibility index (Phi) is 7.83. The first kappa shape index (κ1) is 22.1. The predicted octanol–water partition coefficient (Wildman–Crippen LogP) is 2.09. The van der Waals surface area contributed by atoms with E-state index in [9.17, 15) is 9.59 Å². The molecule has 2 amide bonds. The SMILES string of the molecule is Cc1cccc(NC(=O)CO/N=C(/N)CC(=O)Nc2ccc(N3CCOCC3)cc2)c1. The third-order valence-electron chi connectivity index (χ3n) is 4.55. The second-order valence-corrected chi connectivity index (χ2v) is 7.14. The van der Waals surface area contributed by atoms with E-state index in [1.807, 2.05) is 49.4 Å². The number of nitrogens with two attached hydrogens (primary N) is 1. The third-order valence-corrected chi connectivity index (χ3v) is 4.55. The Morgan fingerprint density at radius 1 is 1.06 bits per heavy atom. The highest BCUT2D eigenvalue weighted by atomic mass is 16.6. The number of hydrogen-bond donors (Lipinski definition) is 3. The molecule has 3 rings (SSSR count). The number of oxime groups is 1. The first-order valence-electron chi connectivity index (χ1n) is 10.0. The number of hydrogen-bond acceptors (Lipinski definition) is 6. The number of carbonyl (C=O) groups is 2. The van der Waals surface area contributed by atoms with E-state index >= 15 is 0 Å². The highest BCUT2D eigenvalue weighted by molar-refractivity contribution is 6.04. The fourth-order valence-corrected chi connectivity index (χ4v) is 3.07. The minimum absolute atomic E-state index is 0.0224. The highest BCUT2D eigenvalue weighted by Gasteiger charge is 2.12. The number of morpholine rings is 1. The first-order valence-corrected chi connectivity index (χ1v) is 10.0. The highest BCUT2D eigenvalue weighted by Crippen LogP contribution is 2.19. The van der Waals surface area contributed by atoms with Gasteiger partial charge in [-0.05, 0) is 48.9 Å². The number of anilines is 3. The molecule has 0 saturated carbocycles. The van der Waals surface area contributed by atoms with Crippen LogP contribution in [0, 0.1) is 6.92 Å². The molecule has 0 aliphatic carbocycles. The number of amides is 2. The van der Waals surface area contributed by atoms with Crippen molar-refractivity contribution in [3.8, 4) is 0 Å². The Labute approximate surface area is 181 Å². The Morgan fingerprint density at radius 2 is 1.77 bits per heavy atom. The molecule has 164 valence electrons. The summed E-state index contributed by atoms with van der Waals surface area (Å²) in [7, 11) is 0. The van der Waals surface area contributed by atoms with Gasteiger partial charge in [-0.3, -0.25) is 9.59 Å². The molecule has 0 radical (unpaired) electrons. The minimum atomic E-state index is -0.369. The maximum atomic E-state index is 12.1. The van der Waals surface area contributed by atoms with E-state index in [4.69, 9.17) is 15.3 Å². The maximum absolute atomic E-state index is 12.1. The quantitative estimate of drug-likeness (QED) is 0.339. The molecular formula is C22H27N5O4. The van der Waals surface area contributed by atoms with E-state index in [1.54, 1.807) is 6.07 Å². The number of nitrogens with one attached hydrogen (secondary N) is 2. The van der Waals surface area contributed by atoms with Crippen molar-refractivity contribution in [2.24, 2.45) is 10.9 Å². The van der Waals surface area contributed by atoms with Crippen molar-refractivity contribution in [3.05, 3.63) is 54.1 Å². The van der Waals surface area contributed by atoms with Gasteiger partial charge in [0.05, 0.1) is 19.6 Å². The van der Waals surface area contributed by atoms with Crippen molar-refractivity contribution < 1.29 is 19.2 Å². The minimum Gasteiger partial charge on any atom is -0.384 e. The summed E-state index contributed by atoms with van der Waals surface area (Å²) >= 11 is 0. The van der Waals surface area contributed by atoms with Crippen molar-refractivity contribution in [2.75, 3.05) is 48.4 Å². The lowest BCUT2D eigenvalue weighted by molar-refractivity contribution is -0.120. The Balaban J connectivity index is 1.40. The number of carbonyl (C=O) groups excluding carboxylic acids is 2. The molecule has 9 heteroatoms. The van der Waals surface area contributed by atoms with Gasteiger partial charge in [0.15, 0.2) is 6.61 Å². The van der Waals surface area contributed by atoms with E-state index in [1.165, 1.54) is 0 Å². The van der Waals surface area contributed by atoms with E-state index in [0.717, 1.165) is 24.3 Å². The van der Waals surface area contributed by atoms with E-state index < -0.39 is 0 Å². The Morgan fingerprint density at radius 3 is 2.48 bits per heavy atom. The van der Waals surface area contributed by atoms with Crippen LogP contribution in [0.2, 0.25) is 0 Å². The van der Waals surface area contributed by atoms with Crippen molar-refractivity contribution >= 4 is 34.7 Å². The number of nitrogens with zero attached hydrogens (tertiary/aromatic N) is 2. The molecular weight excluding hydrogens is 398 g/mol. The summed E-state index contributed by atoms with van der Waals surface area (Å²) in [5, 5.41) is 9.09. The zero-order valence-corrected chi connectivity index (χ0v) is 17.5. The van der Waals surface area contributed by atoms with Gasteiger partial charge in [0, 0.05) is 30.2 Å². The summed E-state index contributed by atoms with van der Waals surface area (Å²) in [6, 6.07) is 15.0. The molecule has 1 aliphatic rings. The standard InChI is InChI=1S/C22H27N5O4/c1-16-3-2-4-18(13-16)25-22(29)15-31-26-20(23)14-21(28)24-17-5-7-19(8-6-17)27-9-11-30-12-10-27/h2-8,13H,9-12,14-15H2,1H3,(H2,23,26)(H,24,28)(H,25,29). The zero-order chi connectivity index (χ0) is 22.1. The molecule has 1 saturated heterocycles. The molecule has 1 heterocycles. The van der Waals surface area contributed by atoms with Crippen LogP contribution in [-0.4, -0.2) is 50.6 Å². The van der Waals surface area contributed by atoms with Gasteiger partial charge in [0.2, 0.25) is 5.91 Å². The number of rotatable bonds is 8. The summed E-state index contributed by atoms with van der Waals surface area (Å²) in [5.74, 6) is -0.717. The number of aryl methyl sites for hydroxylation is 1. The van der Waals surface area contributed by atoms with Gasteiger partial charge in [0.25, 0.3) is 5.91 Å². The molecule has 0 bridgehead atoms. The lowest BCUT2D eigenvalue weighted by Crippen LogP contribution is -2.36. The average molecular weight is 425 g/mol. The Bertz CT molecular complexity index is 924. The van der Waals surface area contributed by atoms with Gasteiger partial charge >= 0.3 is 0 Å². The molecule has 1 aliphatic heterocycles. The normalized spacial score (nSPS) is 14.1. The maximum Gasteiger partial charge on any atom is 0.265 e. The van der Waals surface area contributed by atoms with Crippen LogP contribution in [0.25, 0.3) is 0 Å². The van der Waals surface area contributed by atoms with Crippen LogP contribution in [0.4, 0.5) is 17.1 Å². The van der Waals surface area contributed by atoms with E-state index in [2.05, 4.69) is 20.7 Å². The second kappa shape index (κ2) is 11.0. The van der Waals surface area contributed by atoms with Gasteiger partial charge in [-0.25, -0.2) is 0 Å². The molecule has 4 N–H and O–H groups in total. The summed E-state index contributed by atoms with van der Waals surface area (Å²) < 4.78 is 5.35. The van der Waals surface area contributed by atoms with Crippen LogP contribution in [0.5, 0.6) is 0 Å². The predicted molar refractivity (Wildman–Crippen MR) is 120 cm³/mol. The molecule has 31 heavy (non-hydrogen) atoms. The molecule has 2 aromatic rings. The average Bonchev–Trinajstić information content (AvgIpc) is 2.75. The molecule has 1 fully saturated rings. The van der Waals surface area contributed by atoms with Crippen molar-refractivity contribution in [1.82, 2.24) is 0 Å². The fraction of sp³-hybridized carbons (Fsp3) is 0.318. The van der Waals surface area contributed by atoms with Crippen LogP contribution in [0.3, 0.4) is 0 Å². The fourth-order valence-electron chi connectivity index (χ4n) is 3.07. The van der Waals surface area contributed by atoms with Crippen LogP contribution >= 0.6 is 0 Å². The Hall–Kier alpha value is -3.59. The number of amidine groups is 1. The monoisotopic (exact) mass is 425 g/mol. The first-order chi connectivity index (χ1) is 15.0. The van der Waals surface area contributed by atoms with Crippen LogP contribution < -0.4 is 21.3 Å². The lowest BCUT2D eigenvalue weighted by Gasteiger charge is -2.28. The van der Waals surface area contributed by atoms with Gasteiger partial charge in [-0.2, -0.15) is 0 Å². The molecule has 2 aromatic carbocycles. The summed E-state index contributed by atoms with van der Waals surface area (Å²) in [5.41, 5.74) is 9.17. The van der Waals surface area contributed by atoms with Gasteiger partial charge in [0.1, 0.15) is 5.84 Å². The lowest BCUT2D eigenvalue weighted by atomic mass is 10.2. The molecule has 0 unspecified atom stereocenters. The van der Waals surface area contributed by atoms with E-state index in [0.29, 0.717) is 24.6 Å². The van der Waals surface area contributed by atoms with Crippen LogP contribution in [-0.2, 0) is 19.2 Å². The number of ether oxygens (including phenoxy) is 1. The third kappa shape index (κ3) is 7.31. The molecule has 0 atom stereocenters. The van der Waals surface area contributed by atoms with Crippen molar-refractivity contribution in [2.45, 2.75) is 13.3 Å². The summed E-state index contributed by atoms with van der Waals surface area (Å²) in [4.78, 5) is 31.2. The van der Waals surface area contributed by atoms with Gasteiger partial charge < -0.3 is 30.8 Å².